The highest BCUT2D eigenvalue weighted by Gasteiger charge is 2.60. The first-order valence-electron chi connectivity index (χ1n) is 13.3. The Balaban J connectivity index is 1.57. The van der Waals surface area contributed by atoms with Crippen molar-refractivity contribution in [2.75, 3.05) is 32.1 Å². The van der Waals surface area contributed by atoms with Crippen LogP contribution in [0.4, 0.5) is 5.69 Å². The van der Waals surface area contributed by atoms with Gasteiger partial charge < -0.3 is 36.4 Å². The fourth-order valence-corrected chi connectivity index (χ4v) is 7.05. The van der Waals surface area contributed by atoms with Gasteiger partial charge >= 0.3 is 0 Å². The number of likely N-dealkylation sites (tertiary alicyclic amines) is 1. The van der Waals surface area contributed by atoms with Crippen LogP contribution in [0.2, 0.25) is 0 Å². The van der Waals surface area contributed by atoms with Gasteiger partial charge in [0, 0.05) is 70.3 Å². The first-order valence-corrected chi connectivity index (χ1v) is 13.3. The van der Waals surface area contributed by atoms with E-state index in [1.807, 2.05) is 19.0 Å². The number of Topliss-reactive ketones (excluding diaryl/α,β-unsaturated/α-hetero) is 2. The van der Waals surface area contributed by atoms with Gasteiger partial charge in [0.05, 0.1) is 5.56 Å². The van der Waals surface area contributed by atoms with Crippen molar-refractivity contribution in [3.05, 3.63) is 39.7 Å². The minimum absolute atomic E-state index is 0.0341. The number of nitrogens with zero attached hydrogens (tertiary/aromatic N) is 2. The molecule has 2 amide bonds. The maximum atomic E-state index is 13.7. The first kappa shape index (κ1) is 27.7. The van der Waals surface area contributed by atoms with Gasteiger partial charge in [0.1, 0.15) is 22.8 Å². The van der Waals surface area contributed by atoms with Crippen molar-refractivity contribution >= 4 is 34.8 Å². The van der Waals surface area contributed by atoms with E-state index in [1.54, 1.807) is 6.07 Å². The molecule has 5 rings (SSSR count). The number of ketones is 2. The third kappa shape index (κ3) is 4.13. The third-order valence-corrected chi connectivity index (χ3v) is 8.64. The number of amides is 2. The lowest BCUT2D eigenvalue weighted by molar-refractivity contribution is -0.147. The molecule has 40 heavy (non-hydrogen) atoms. The number of anilines is 1. The summed E-state index contributed by atoms with van der Waals surface area (Å²) in [6.07, 6.45) is 0.744. The molecule has 1 saturated carbocycles. The molecule has 1 aromatic rings. The summed E-state index contributed by atoms with van der Waals surface area (Å²) in [5, 5.41) is 47.5. The molecule has 4 aliphatic rings. The predicted octanol–water partition coefficient (Wildman–Crippen LogP) is 0.200. The minimum Gasteiger partial charge on any atom is -0.508 e. The molecule has 0 aromatic heterocycles. The Hall–Kier alpha value is -3.90. The van der Waals surface area contributed by atoms with Crippen LogP contribution in [0.1, 0.15) is 42.9 Å². The molecule has 1 heterocycles. The van der Waals surface area contributed by atoms with E-state index in [0.717, 1.165) is 24.2 Å². The number of hydrogen-bond donors (Lipinski definition) is 6. The number of fused-ring (bicyclic) bond motifs is 3. The van der Waals surface area contributed by atoms with Gasteiger partial charge in [-0.25, -0.2) is 0 Å². The van der Waals surface area contributed by atoms with Gasteiger partial charge in [-0.1, -0.05) is 0 Å². The van der Waals surface area contributed by atoms with Gasteiger partial charge in [-0.2, -0.15) is 0 Å². The fourth-order valence-electron chi connectivity index (χ4n) is 7.05. The molecular formula is C28H34N4O8. The number of carbonyl (C=O) groups excluding carboxylic acids is 4. The van der Waals surface area contributed by atoms with Gasteiger partial charge in [0.25, 0.3) is 5.91 Å². The van der Waals surface area contributed by atoms with Crippen LogP contribution in [-0.4, -0.2) is 87.5 Å². The molecule has 12 nitrogen and oxygen atoms in total. The summed E-state index contributed by atoms with van der Waals surface area (Å²) in [4.78, 5) is 53.6. The Morgan fingerprint density at radius 1 is 1.20 bits per heavy atom. The van der Waals surface area contributed by atoms with Gasteiger partial charge in [0.15, 0.2) is 11.4 Å². The van der Waals surface area contributed by atoms with Crippen LogP contribution in [0.25, 0.3) is 5.76 Å². The molecule has 4 atom stereocenters. The van der Waals surface area contributed by atoms with E-state index in [-0.39, 0.29) is 48.1 Å². The molecule has 1 aliphatic heterocycles. The molecule has 1 saturated heterocycles. The number of benzene rings is 1. The Morgan fingerprint density at radius 3 is 2.52 bits per heavy atom. The summed E-state index contributed by atoms with van der Waals surface area (Å²) < 4.78 is 0. The Labute approximate surface area is 230 Å². The minimum atomic E-state index is -2.59. The summed E-state index contributed by atoms with van der Waals surface area (Å²) in [5.41, 5.74) is 3.95. The third-order valence-electron chi connectivity index (χ3n) is 8.64. The predicted molar refractivity (Wildman–Crippen MR) is 143 cm³/mol. The zero-order valence-corrected chi connectivity index (χ0v) is 22.7. The molecule has 0 bridgehead atoms. The van der Waals surface area contributed by atoms with Crippen LogP contribution in [0, 0.1) is 11.8 Å². The molecular weight excluding hydrogens is 520 g/mol. The second-order valence-corrected chi connectivity index (χ2v) is 11.5. The molecule has 3 aliphatic carbocycles. The number of nitrogens with two attached hydrogens (primary N) is 1. The van der Waals surface area contributed by atoms with Crippen LogP contribution >= 0.6 is 0 Å². The van der Waals surface area contributed by atoms with Crippen molar-refractivity contribution in [1.29, 1.82) is 0 Å². The Kier molecular flexibility index (Phi) is 6.66. The quantitative estimate of drug-likeness (QED) is 0.274. The lowest BCUT2D eigenvalue weighted by Gasteiger charge is -2.46. The number of nitrogens with one attached hydrogen (secondary N) is 1. The second kappa shape index (κ2) is 9.63. The van der Waals surface area contributed by atoms with Crippen molar-refractivity contribution in [1.82, 2.24) is 10.2 Å². The number of primary amides is 1. The van der Waals surface area contributed by atoms with Crippen LogP contribution in [0.5, 0.6) is 5.75 Å². The highest BCUT2D eigenvalue weighted by atomic mass is 16.3. The molecule has 12 heteroatoms. The summed E-state index contributed by atoms with van der Waals surface area (Å²) in [6.45, 7) is 3.36. The van der Waals surface area contributed by atoms with Crippen molar-refractivity contribution in [2.45, 2.75) is 50.8 Å². The van der Waals surface area contributed by atoms with Crippen LogP contribution < -0.4 is 16.0 Å². The van der Waals surface area contributed by atoms with Crippen molar-refractivity contribution in [2.24, 2.45) is 17.6 Å². The standard InChI is InChI=1S/C28H34N4O8/c1-12(33)30-16-4-5-32(11-16)10-14-8-18(34)21-17(23(14)31(2)3)7-13-6-15-9-19(35)22(27(29)39)26(38)28(15,40)25(37)20(13)24(21)36/h8,13,15-16,34,36,38,40H,4-7,9-11H2,1-3H3,(H2,29,39)(H,30,33)/t13?,15-,16-,28-/m0/s1. The number of aromatic hydroxyl groups is 1. The zero-order chi connectivity index (χ0) is 29.3. The number of aliphatic hydroxyl groups excluding tert-OH is 2. The van der Waals surface area contributed by atoms with Crippen LogP contribution in [0.15, 0.2) is 23.0 Å². The fraction of sp³-hybridized carbons (Fsp3) is 0.500. The van der Waals surface area contributed by atoms with Crippen molar-refractivity contribution in [3.8, 4) is 5.75 Å². The smallest absolute Gasteiger partial charge is 0.255 e. The van der Waals surface area contributed by atoms with E-state index in [0.29, 0.717) is 18.7 Å². The number of hydrogen-bond acceptors (Lipinski definition) is 10. The lowest BCUT2D eigenvalue weighted by atomic mass is 9.59. The van der Waals surface area contributed by atoms with Crippen LogP contribution in [0.3, 0.4) is 0 Å². The van der Waals surface area contributed by atoms with Crippen molar-refractivity contribution in [3.63, 3.8) is 0 Å². The molecule has 0 radical (unpaired) electrons. The molecule has 1 unspecified atom stereocenters. The summed E-state index contributed by atoms with van der Waals surface area (Å²) in [7, 11) is 3.69. The summed E-state index contributed by atoms with van der Waals surface area (Å²) >= 11 is 0. The van der Waals surface area contributed by atoms with E-state index < -0.39 is 52.0 Å². The van der Waals surface area contributed by atoms with Gasteiger partial charge in [-0.05, 0) is 42.4 Å². The molecule has 7 N–H and O–H groups in total. The Morgan fingerprint density at radius 2 is 1.90 bits per heavy atom. The highest BCUT2D eigenvalue weighted by molar-refractivity contribution is 6.22. The number of rotatable bonds is 5. The maximum Gasteiger partial charge on any atom is 0.255 e. The second-order valence-electron chi connectivity index (χ2n) is 11.5. The number of phenolic OH excluding ortho intramolecular Hbond substituents is 1. The first-order chi connectivity index (χ1) is 18.7. The SMILES string of the molecule is CC(=O)N[C@H]1CCN(Cc2cc(O)c3c(c2N(C)C)CC2C[C@H]4CC(=O)C(C(N)=O)=C(O)[C@@]4(O)C(=O)C2=C3O)C1. The highest BCUT2D eigenvalue weighted by Crippen LogP contribution is 2.53. The van der Waals surface area contributed by atoms with E-state index >= 15 is 0 Å². The van der Waals surface area contributed by atoms with Crippen molar-refractivity contribution < 1.29 is 39.6 Å². The average molecular weight is 555 g/mol. The van der Waals surface area contributed by atoms with E-state index in [9.17, 15) is 39.6 Å². The average Bonchev–Trinajstić information content (AvgIpc) is 3.26. The Bertz CT molecular complexity index is 1410. The number of carbonyl (C=O) groups is 4. The molecule has 1 aromatic carbocycles. The topological polar surface area (TPSA) is 194 Å². The van der Waals surface area contributed by atoms with E-state index in [1.165, 1.54) is 6.92 Å². The molecule has 214 valence electrons. The van der Waals surface area contributed by atoms with Crippen LogP contribution in [-0.2, 0) is 32.1 Å². The van der Waals surface area contributed by atoms with Gasteiger partial charge in [0.2, 0.25) is 11.7 Å². The largest absolute Gasteiger partial charge is 0.508 e. The van der Waals surface area contributed by atoms with Gasteiger partial charge in [-0.3, -0.25) is 24.1 Å². The molecule has 2 fully saturated rings. The van der Waals surface area contributed by atoms with E-state index in [2.05, 4.69) is 10.2 Å². The van der Waals surface area contributed by atoms with Gasteiger partial charge in [-0.15, -0.1) is 0 Å². The summed E-state index contributed by atoms with van der Waals surface area (Å²) in [6, 6.07) is 1.58. The van der Waals surface area contributed by atoms with E-state index in [4.69, 9.17) is 5.73 Å². The monoisotopic (exact) mass is 554 g/mol. The normalized spacial score (nSPS) is 28.2. The zero-order valence-electron chi connectivity index (χ0n) is 22.7. The summed E-state index contributed by atoms with van der Waals surface area (Å²) in [5.74, 6) is -6.57. The number of phenols is 1. The maximum absolute atomic E-state index is 13.7. The molecule has 0 spiro atoms. The lowest BCUT2D eigenvalue weighted by Crippen LogP contribution is -2.58. The number of aliphatic hydroxyl groups is 3.